The predicted octanol–water partition coefficient (Wildman–Crippen LogP) is 3.57. The Kier molecular flexibility index (Phi) is 8.71. The molecule has 204 valence electrons. The van der Waals surface area contributed by atoms with Crippen LogP contribution in [-0.2, 0) is 14.3 Å². The standard InChI is InChI=1S/C25H30FN5O7/c1-6-36-23(34)17-13-28-31-10-9-19(30-21(17)31)29-20(22(32)33)16-11-15(26)7-8-18(16)37-14(2)12-27-24(35)38-25(3,4)5/h7-11,13-14,20H,6,12H2,1-5H3,(H,27,35)(H,29,30)(H,32,33)/t14-,20?/m0/s1. The number of nitrogens with one attached hydrogen (secondary N) is 2. The van der Waals surface area contributed by atoms with Crippen LogP contribution in [0.15, 0.2) is 36.7 Å². The van der Waals surface area contributed by atoms with Gasteiger partial charge in [-0.25, -0.2) is 28.3 Å². The molecule has 3 rings (SSSR count). The van der Waals surface area contributed by atoms with Crippen molar-refractivity contribution in [3.8, 4) is 5.75 Å². The summed E-state index contributed by atoms with van der Waals surface area (Å²) in [5.74, 6) is -2.46. The van der Waals surface area contributed by atoms with Gasteiger partial charge >= 0.3 is 18.0 Å². The molecule has 0 radical (unpaired) electrons. The third-order valence-corrected chi connectivity index (χ3v) is 4.95. The summed E-state index contributed by atoms with van der Waals surface area (Å²) < 4.78 is 31.6. The quantitative estimate of drug-likeness (QED) is 0.331. The third kappa shape index (κ3) is 7.31. The number of carbonyl (C=O) groups is 3. The van der Waals surface area contributed by atoms with Crippen molar-refractivity contribution >= 4 is 29.5 Å². The molecule has 0 saturated heterocycles. The topological polar surface area (TPSA) is 153 Å². The van der Waals surface area contributed by atoms with Gasteiger partial charge < -0.3 is 30.0 Å². The Morgan fingerprint density at radius 1 is 1.21 bits per heavy atom. The number of benzene rings is 1. The van der Waals surface area contributed by atoms with E-state index in [2.05, 4.69) is 20.7 Å². The van der Waals surface area contributed by atoms with E-state index in [0.29, 0.717) is 0 Å². The fourth-order valence-corrected chi connectivity index (χ4v) is 3.37. The van der Waals surface area contributed by atoms with Crippen molar-refractivity contribution in [1.82, 2.24) is 19.9 Å². The summed E-state index contributed by atoms with van der Waals surface area (Å²) in [6, 6.07) is 3.46. The zero-order chi connectivity index (χ0) is 28.0. The molecule has 0 aliphatic carbocycles. The van der Waals surface area contributed by atoms with Crippen molar-refractivity contribution < 1.29 is 38.1 Å². The van der Waals surface area contributed by atoms with E-state index in [0.717, 1.165) is 12.1 Å². The number of carboxylic acids is 1. The highest BCUT2D eigenvalue weighted by Crippen LogP contribution is 2.30. The molecular weight excluding hydrogens is 501 g/mol. The summed E-state index contributed by atoms with van der Waals surface area (Å²) in [5.41, 5.74) is -0.440. The highest BCUT2D eigenvalue weighted by molar-refractivity contribution is 5.95. The zero-order valence-electron chi connectivity index (χ0n) is 21.6. The van der Waals surface area contributed by atoms with Crippen LogP contribution in [0.1, 0.15) is 56.6 Å². The molecule has 3 N–H and O–H groups in total. The molecule has 38 heavy (non-hydrogen) atoms. The molecule has 0 bridgehead atoms. The number of fused-ring (bicyclic) bond motifs is 1. The SMILES string of the molecule is CCOC(=O)c1cnn2ccc(NC(C(=O)O)c3cc(F)ccc3O[C@@H](C)CNC(=O)OC(C)(C)C)nc12. The molecule has 0 aliphatic rings. The Hall–Kier alpha value is -4.42. The van der Waals surface area contributed by atoms with Crippen LogP contribution in [0, 0.1) is 5.82 Å². The Morgan fingerprint density at radius 2 is 1.95 bits per heavy atom. The number of rotatable bonds is 10. The summed E-state index contributed by atoms with van der Waals surface area (Å²) in [4.78, 5) is 40.7. The number of anilines is 1. The second kappa shape index (κ2) is 11.8. The monoisotopic (exact) mass is 531 g/mol. The van der Waals surface area contributed by atoms with Gasteiger partial charge in [0.2, 0.25) is 0 Å². The molecular formula is C25H30FN5O7. The molecule has 0 aliphatic heterocycles. The predicted molar refractivity (Wildman–Crippen MR) is 134 cm³/mol. The van der Waals surface area contributed by atoms with Gasteiger partial charge in [0.25, 0.3) is 0 Å². The Labute approximate surface area is 218 Å². The summed E-state index contributed by atoms with van der Waals surface area (Å²) in [5, 5.41) is 19.3. The normalized spacial score (nSPS) is 12.9. The van der Waals surface area contributed by atoms with Gasteiger partial charge in [-0.2, -0.15) is 5.10 Å². The molecule has 0 saturated carbocycles. The van der Waals surface area contributed by atoms with Crippen LogP contribution in [0.25, 0.3) is 5.65 Å². The first-order valence-corrected chi connectivity index (χ1v) is 11.8. The number of aliphatic carboxylic acids is 1. The minimum atomic E-state index is -1.48. The van der Waals surface area contributed by atoms with Crippen molar-refractivity contribution in [2.24, 2.45) is 0 Å². The molecule has 0 fully saturated rings. The summed E-state index contributed by atoms with van der Waals surface area (Å²) in [6.07, 6.45) is 1.53. The van der Waals surface area contributed by atoms with E-state index in [1.807, 2.05) is 0 Å². The first kappa shape index (κ1) is 28.2. The molecule has 2 atom stereocenters. The van der Waals surface area contributed by atoms with Crippen LogP contribution >= 0.6 is 0 Å². The lowest BCUT2D eigenvalue weighted by Gasteiger charge is -2.23. The number of nitrogens with zero attached hydrogens (tertiary/aromatic N) is 3. The number of esters is 1. The number of hydrogen-bond acceptors (Lipinski definition) is 9. The van der Waals surface area contributed by atoms with Crippen molar-refractivity contribution in [3.05, 3.63) is 53.6 Å². The molecule has 1 unspecified atom stereocenters. The maximum Gasteiger partial charge on any atom is 0.407 e. The average Bonchev–Trinajstić information content (AvgIpc) is 3.25. The summed E-state index contributed by atoms with van der Waals surface area (Å²) in [7, 11) is 0. The van der Waals surface area contributed by atoms with E-state index >= 15 is 0 Å². The summed E-state index contributed by atoms with van der Waals surface area (Å²) in [6.45, 7) is 8.71. The van der Waals surface area contributed by atoms with Crippen LogP contribution in [0.3, 0.4) is 0 Å². The van der Waals surface area contributed by atoms with Gasteiger partial charge in [-0.05, 0) is 58.9 Å². The van der Waals surface area contributed by atoms with Gasteiger partial charge in [0.05, 0.1) is 19.3 Å². The maximum absolute atomic E-state index is 14.2. The maximum atomic E-state index is 14.2. The van der Waals surface area contributed by atoms with Gasteiger partial charge in [-0.1, -0.05) is 0 Å². The molecule has 1 amide bonds. The van der Waals surface area contributed by atoms with Crippen molar-refractivity contribution in [2.75, 3.05) is 18.5 Å². The van der Waals surface area contributed by atoms with Crippen molar-refractivity contribution in [1.29, 1.82) is 0 Å². The van der Waals surface area contributed by atoms with Gasteiger partial charge in [0.1, 0.15) is 34.7 Å². The van der Waals surface area contributed by atoms with E-state index in [1.54, 1.807) is 34.6 Å². The number of halogens is 1. The molecule has 3 aromatic rings. The minimum absolute atomic E-state index is 0.0117. The van der Waals surface area contributed by atoms with E-state index in [-0.39, 0.29) is 41.5 Å². The smallest absolute Gasteiger partial charge is 0.407 e. The number of hydrogen-bond donors (Lipinski definition) is 3. The van der Waals surface area contributed by atoms with Gasteiger partial charge in [0.15, 0.2) is 11.7 Å². The first-order chi connectivity index (χ1) is 17.9. The van der Waals surface area contributed by atoms with E-state index in [1.165, 1.54) is 29.0 Å². The fourth-order valence-electron chi connectivity index (χ4n) is 3.37. The van der Waals surface area contributed by atoms with Crippen LogP contribution in [0.5, 0.6) is 5.75 Å². The lowest BCUT2D eigenvalue weighted by atomic mass is 10.1. The molecule has 1 aromatic carbocycles. The number of ether oxygens (including phenoxy) is 3. The fraction of sp³-hybridized carbons (Fsp3) is 0.400. The number of aromatic nitrogens is 3. The first-order valence-electron chi connectivity index (χ1n) is 11.8. The largest absolute Gasteiger partial charge is 0.488 e. The minimum Gasteiger partial charge on any atom is -0.488 e. The van der Waals surface area contributed by atoms with Crippen LogP contribution in [0.4, 0.5) is 15.0 Å². The highest BCUT2D eigenvalue weighted by atomic mass is 19.1. The zero-order valence-corrected chi connectivity index (χ0v) is 21.6. The number of amides is 1. The third-order valence-electron chi connectivity index (χ3n) is 4.95. The Bertz CT molecular complexity index is 1320. The Balaban J connectivity index is 1.83. The number of carbonyl (C=O) groups excluding carboxylic acids is 2. The summed E-state index contributed by atoms with van der Waals surface area (Å²) >= 11 is 0. The second-order valence-electron chi connectivity index (χ2n) is 9.27. The second-order valence-corrected chi connectivity index (χ2v) is 9.27. The van der Waals surface area contributed by atoms with E-state index in [4.69, 9.17) is 14.2 Å². The molecule has 0 spiro atoms. The van der Waals surface area contributed by atoms with Gasteiger partial charge in [-0.3, -0.25) is 0 Å². The van der Waals surface area contributed by atoms with Crippen molar-refractivity contribution in [2.45, 2.75) is 52.4 Å². The molecule has 13 heteroatoms. The highest BCUT2D eigenvalue weighted by Gasteiger charge is 2.26. The molecule has 2 aromatic heterocycles. The number of carboxylic acid groups (broad SMARTS) is 1. The lowest BCUT2D eigenvalue weighted by molar-refractivity contribution is -0.138. The number of alkyl carbamates (subject to hydrolysis) is 1. The Morgan fingerprint density at radius 3 is 2.61 bits per heavy atom. The van der Waals surface area contributed by atoms with Crippen LogP contribution in [0.2, 0.25) is 0 Å². The average molecular weight is 532 g/mol. The van der Waals surface area contributed by atoms with Crippen LogP contribution in [-0.4, -0.2) is 62.6 Å². The van der Waals surface area contributed by atoms with Crippen LogP contribution < -0.4 is 15.4 Å². The molecule has 12 nitrogen and oxygen atoms in total. The van der Waals surface area contributed by atoms with Crippen molar-refractivity contribution in [3.63, 3.8) is 0 Å². The van der Waals surface area contributed by atoms with Gasteiger partial charge in [0, 0.05) is 11.8 Å². The van der Waals surface area contributed by atoms with Gasteiger partial charge in [-0.15, -0.1) is 0 Å². The van der Waals surface area contributed by atoms with E-state index < -0.39 is 41.6 Å². The lowest BCUT2D eigenvalue weighted by Crippen LogP contribution is -2.37. The molecule has 2 heterocycles. The van der Waals surface area contributed by atoms with E-state index in [9.17, 15) is 23.9 Å².